The quantitative estimate of drug-likeness (QED) is 0.592. The molecule has 1 aromatic rings. The van der Waals surface area contributed by atoms with E-state index in [4.69, 9.17) is 17.6 Å². The van der Waals surface area contributed by atoms with E-state index >= 15 is 0 Å². The van der Waals surface area contributed by atoms with Crippen LogP contribution in [-0.4, -0.2) is 6.61 Å². The first-order chi connectivity index (χ1) is 5.86. The molecule has 1 rings (SSSR count). The lowest BCUT2D eigenvalue weighted by Gasteiger charge is -2.00. The minimum atomic E-state index is 0.287. The second-order valence-corrected chi connectivity index (χ2v) is 2.16. The number of benzene rings is 1. The van der Waals surface area contributed by atoms with Gasteiger partial charge in [0.05, 0.1) is 0 Å². The smallest absolute Gasteiger partial charge is 0.148 e. The van der Waals surface area contributed by atoms with Gasteiger partial charge in [0.25, 0.3) is 0 Å². The van der Waals surface area contributed by atoms with Gasteiger partial charge in [-0.1, -0.05) is 11.8 Å². The van der Waals surface area contributed by atoms with Gasteiger partial charge in [-0.15, -0.1) is 12.8 Å². The van der Waals surface area contributed by atoms with E-state index in [-0.39, 0.29) is 6.61 Å². The molecule has 0 saturated heterocycles. The van der Waals surface area contributed by atoms with Crippen molar-refractivity contribution in [1.82, 2.24) is 0 Å². The standard InChI is InChI=1S/C11H8O/c1-3-9-12-11-7-5-10(4-2)6-8-11/h1-2,5-8H,9H2. The number of hydrogen-bond donors (Lipinski definition) is 0. The molecule has 0 aliphatic carbocycles. The number of rotatable bonds is 2. The van der Waals surface area contributed by atoms with Crippen molar-refractivity contribution >= 4 is 0 Å². The summed E-state index contributed by atoms with van der Waals surface area (Å²) in [7, 11) is 0. The van der Waals surface area contributed by atoms with Crippen molar-refractivity contribution in [2.75, 3.05) is 6.61 Å². The maximum Gasteiger partial charge on any atom is 0.148 e. The lowest BCUT2D eigenvalue weighted by molar-refractivity contribution is 0.370. The molecule has 0 amide bonds. The van der Waals surface area contributed by atoms with Gasteiger partial charge in [0.2, 0.25) is 0 Å². The van der Waals surface area contributed by atoms with Crippen LogP contribution >= 0.6 is 0 Å². The largest absolute Gasteiger partial charge is 0.481 e. The van der Waals surface area contributed by atoms with E-state index in [1.165, 1.54) is 0 Å². The van der Waals surface area contributed by atoms with Gasteiger partial charge in [0, 0.05) is 5.56 Å². The van der Waals surface area contributed by atoms with Crippen molar-refractivity contribution in [3.05, 3.63) is 29.8 Å². The van der Waals surface area contributed by atoms with Crippen LogP contribution in [0.15, 0.2) is 24.3 Å². The molecule has 58 valence electrons. The number of ether oxygens (including phenoxy) is 1. The maximum atomic E-state index is 5.18. The SMILES string of the molecule is C#CCOc1ccc(C#C)cc1. The zero-order valence-corrected chi connectivity index (χ0v) is 6.58. The molecular weight excluding hydrogens is 148 g/mol. The van der Waals surface area contributed by atoms with Crippen molar-refractivity contribution in [2.24, 2.45) is 0 Å². The van der Waals surface area contributed by atoms with Crippen molar-refractivity contribution in [3.8, 4) is 30.4 Å². The van der Waals surface area contributed by atoms with Gasteiger partial charge >= 0.3 is 0 Å². The summed E-state index contributed by atoms with van der Waals surface area (Å²) in [5, 5.41) is 0. The molecule has 1 aromatic carbocycles. The summed E-state index contributed by atoms with van der Waals surface area (Å²) in [4.78, 5) is 0. The van der Waals surface area contributed by atoms with Crippen LogP contribution < -0.4 is 4.74 Å². The minimum Gasteiger partial charge on any atom is -0.481 e. The van der Waals surface area contributed by atoms with Crippen LogP contribution in [0.25, 0.3) is 0 Å². The highest BCUT2D eigenvalue weighted by molar-refractivity contribution is 5.36. The third-order valence-electron chi connectivity index (χ3n) is 1.34. The van der Waals surface area contributed by atoms with E-state index in [2.05, 4.69) is 11.8 Å². The fraction of sp³-hybridized carbons (Fsp3) is 0.0909. The van der Waals surface area contributed by atoms with Gasteiger partial charge in [-0.3, -0.25) is 0 Å². The Morgan fingerprint density at radius 2 is 1.83 bits per heavy atom. The van der Waals surface area contributed by atoms with Crippen LogP contribution in [0.5, 0.6) is 5.75 Å². The highest BCUT2D eigenvalue weighted by Crippen LogP contribution is 2.10. The van der Waals surface area contributed by atoms with Gasteiger partial charge in [0.1, 0.15) is 12.4 Å². The molecular formula is C11H8O. The van der Waals surface area contributed by atoms with E-state index in [1.807, 2.05) is 12.1 Å². The number of terminal acetylenes is 2. The van der Waals surface area contributed by atoms with Crippen molar-refractivity contribution in [3.63, 3.8) is 0 Å². The average Bonchev–Trinajstić information content (AvgIpc) is 2.15. The molecule has 0 radical (unpaired) electrons. The third-order valence-corrected chi connectivity index (χ3v) is 1.34. The van der Waals surface area contributed by atoms with Crippen LogP contribution in [0.1, 0.15) is 5.56 Å². The van der Waals surface area contributed by atoms with E-state index < -0.39 is 0 Å². The lowest BCUT2D eigenvalue weighted by atomic mass is 10.2. The predicted octanol–water partition coefficient (Wildman–Crippen LogP) is 1.68. The first-order valence-corrected chi connectivity index (χ1v) is 3.50. The Morgan fingerprint density at radius 3 is 2.33 bits per heavy atom. The zero-order chi connectivity index (χ0) is 8.81. The van der Waals surface area contributed by atoms with E-state index in [1.54, 1.807) is 12.1 Å². The lowest BCUT2D eigenvalue weighted by Crippen LogP contribution is -1.92. The molecule has 0 aliphatic rings. The normalized spacial score (nSPS) is 8.17. The fourth-order valence-corrected chi connectivity index (χ4v) is 0.772. The minimum absolute atomic E-state index is 0.287. The molecule has 0 atom stereocenters. The van der Waals surface area contributed by atoms with E-state index in [0.29, 0.717) is 0 Å². The van der Waals surface area contributed by atoms with Gasteiger partial charge in [-0.2, -0.15) is 0 Å². The molecule has 0 spiro atoms. The van der Waals surface area contributed by atoms with Crippen LogP contribution in [0, 0.1) is 24.7 Å². The van der Waals surface area contributed by atoms with Crippen LogP contribution in [0.4, 0.5) is 0 Å². The van der Waals surface area contributed by atoms with E-state index in [0.717, 1.165) is 11.3 Å². The summed E-state index contributed by atoms with van der Waals surface area (Å²) >= 11 is 0. The van der Waals surface area contributed by atoms with Gasteiger partial charge in [0.15, 0.2) is 0 Å². The Bertz CT molecular complexity index is 322. The first-order valence-electron chi connectivity index (χ1n) is 3.50. The Balaban J connectivity index is 2.68. The summed E-state index contributed by atoms with van der Waals surface area (Å²) in [5.74, 6) is 5.64. The molecule has 0 heterocycles. The molecule has 1 heteroatoms. The Hall–Kier alpha value is -1.86. The van der Waals surface area contributed by atoms with E-state index in [9.17, 15) is 0 Å². The second-order valence-electron chi connectivity index (χ2n) is 2.16. The van der Waals surface area contributed by atoms with Crippen molar-refractivity contribution in [2.45, 2.75) is 0 Å². The number of hydrogen-bond acceptors (Lipinski definition) is 1. The Labute approximate surface area is 72.4 Å². The molecule has 0 unspecified atom stereocenters. The summed E-state index contributed by atoms with van der Waals surface area (Å²) in [6, 6.07) is 7.22. The molecule has 12 heavy (non-hydrogen) atoms. The highest BCUT2D eigenvalue weighted by atomic mass is 16.5. The van der Waals surface area contributed by atoms with Gasteiger partial charge in [-0.05, 0) is 24.3 Å². The molecule has 0 aliphatic heterocycles. The van der Waals surface area contributed by atoms with Crippen molar-refractivity contribution in [1.29, 1.82) is 0 Å². The van der Waals surface area contributed by atoms with Gasteiger partial charge < -0.3 is 4.74 Å². The molecule has 0 fully saturated rings. The first kappa shape index (κ1) is 8.24. The Kier molecular flexibility index (Phi) is 2.82. The molecule has 0 bridgehead atoms. The third kappa shape index (κ3) is 2.08. The second kappa shape index (κ2) is 4.11. The highest BCUT2D eigenvalue weighted by Gasteiger charge is 1.90. The summed E-state index contributed by atoms with van der Waals surface area (Å²) in [6.45, 7) is 0.287. The monoisotopic (exact) mass is 156 g/mol. The fourth-order valence-electron chi connectivity index (χ4n) is 0.772. The molecule has 0 saturated carbocycles. The zero-order valence-electron chi connectivity index (χ0n) is 6.58. The Morgan fingerprint density at radius 1 is 1.17 bits per heavy atom. The summed E-state index contributed by atoms with van der Waals surface area (Å²) < 4.78 is 5.15. The van der Waals surface area contributed by atoms with Crippen LogP contribution in [0.2, 0.25) is 0 Å². The van der Waals surface area contributed by atoms with Crippen LogP contribution in [-0.2, 0) is 0 Å². The molecule has 0 aromatic heterocycles. The van der Waals surface area contributed by atoms with Gasteiger partial charge in [-0.25, -0.2) is 0 Å². The molecule has 1 nitrogen and oxygen atoms in total. The predicted molar refractivity (Wildman–Crippen MR) is 48.7 cm³/mol. The van der Waals surface area contributed by atoms with Crippen LogP contribution in [0.3, 0.4) is 0 Å². The summed E-state index contributed by atoms with van der Waals surface area (Å²) in [6.07, 6.45) is 10.2. The topological polar surface area (TPSA) is 9.23 Å². The van der Waals surface area contributed by atoms with Crippen molar-refractivity contribution < 1.29 is 4.74 Å². The average molecular weight is 156 g/mol. The summed E-state index contributed by atoms with van der Waals surface area (Å²) in [5.41, 5.74) is 0.836. The maximum absolute atomic E-state index is 5.18. The molecule has 0 N–H and O–H groups in total.